The van der Waals surface area contributed by atoms with Crippen molar-refractivity contribution in [3.63, 3.8) is 0 Å². The molecule has 1 aliphatic rings. The lowest BCUT2D eigenvalue weighted by molar-refractivity contribution is 0.108. The number of aromatic nitrogens is 1. The van der Waals surface area contributed by atoms with Crippen molar-refractivity contribution in [1.29, 1.82) is 0 Å². The number of hydrogen-bond donors (Lipinski definition) is 1. The first-order chi connectivity index (χ1) is 6.81. The molecule has 2 rings (SSSR count). The molecule has 1 aromatic heterocycles. The van der Waals surface area contributed by atoms with E-state index in [1.54, 1.807) is 13.3 Å². The fraction of sp³-hybridized carbons (Fsp3) is 0.500. The van der Waals surface area contributed by atoms with Crippen LogP contribution in [0.2, 0.25) is 0 Å². The summed E-state index contributed by atoms with van der Waals surface area (Å²) in [5, 5.41) is 0. The molecule has 2 atom stereocenters. The van der Waals surface area contributed by atoms with Crippen molar-refractivity contribution in [2.45, 2.75) is 12.1 Å². The molecule has 2 unspecified atom stereocenters. The zero-order chi connectivity index (χ0) is 9.97. The number of hydrogen-bond acceptors (Lipinski definition) is 4. The van der Waals surface area contributed by atoms with Crippen molar-refractivity contribution in [1.82, 2.24) is 4.98 Å². The molecule has 1 aromatic rings. The molecule has 1 fully saturated rings. The van der Waals surface area contributed by atoms with Gasteiger partial charge in [0.25, 0.3) is 0 Å². The predicted molar refractivity (Wildman–Crippen MR) is 54.1 cm³/mol. The molecule has 4 heteroatoms. The van der Waals surface area contributed by atoms with Gasteiger partial charge in [-0.15, -0.1) is 0 Å². The first-order valence-corrected chi connectivity index (χ1v) is 4.67. The minimum absolute atomic E-state index is 0.0652. The molecule has 1 aliphatic heterocycles. The summed E-state index contributed by atoms with van der Waals surface area (Å²) in [6.07, 6.45) is 1.86. The minimum Gasteiger partial charge on any atom is -0.378 e. The highest BCUT2D eigenvalue weighted by Gasteiger charge is 2.30. The van der Waals surface area contributed by atoms with E-state index in [4.69, 9.17) is 10.5 Å². The summed E-state index contributed by atoms with van der Waals surface area (Å²) >= 11 is 0. The summed E-state index contributed by atoms with van der Waals surface area (Å²) in [4.78, 5) is 6.32. The molecule has 0 aliphatic carbocycles. The van der Waals surface area contributed by atoms with Gasteiger partial charge in [-0.25, -0.2) is 4.98 Å². The minimum atomic E-state index is 0.0652. The maximum atomic E-state index is 5.91. The highest BCUT2D eigenvalue weighted by molar-refractivity contribution is 5.39. The Labute approximate surface area is 83.7 Å². The van der Waals surface area contributed by atoms with Crippen LogP contribution in [-0.4, -0.2) is 37.3 Å². The molecule has 0 amide bonds. The molecular formula is C10H14N3O. The standard InChI is InChI=1S/C10H14N3O/c1-14-9-7-13(6-8(9)11)10-4-2-3-5-12-10/h2-3,5,8-9H,6-7,11H2,1H3. The Morgan fingerprint density at radius 2 is 2.50 bits per heavy atom. The summed E-state index contributed by atoms with van der Waals surface area (Å²) in [6.45, 7) is 1.58. The summed E-state index contributed by atoms with van der Waals surface area (Å²) in [6, 6.07) is 6.85. The first-order valence-electron chi connectivity index (χ1n) is 4.67. The van der Waals surface area contributed by atoms with Crippen LogP contribution in [0.15, 0.2) is 18.3 Å². The van der Waals surface area contributed by atoms with Crippen molar-refractivity contribution in [3.8, 4) is 0 Å². The number of nitrogens with two attached hydrogens (primary N) is 1. The number of rotatable bonds is 2. The van der Waals surface area contributed by atoms with Gasteiger partial charge < -0.3 is 15.4 Å². The Balaban J connectivity index is 2.09. The highest BCUT2D eigenvalue weighted by Crippen LogP contribution is 2.17. The van der Waals surface area contributed by atoms with Crippen LogP contribution in [0.3, 0.4) is 0 Å². The second kappa shape index (κ2) is 3.94. The van der Waals surface area contributed by atoms with Gasteiger partial charge in [-0.2, -0.15) is 0 Å². The normalized spacial score (nSPS) is 26.9. The summed E-state index contributed by atoms with van der Waals surface area (Å²) in [5.74, 6) is 0.850. The van der Waals surface area contributed by atoms with Gasteiger partial charge in [-0.05, 0) is 12.1 Å². The van der Waals surface area contributed by atoms with Crippen molar-refractivity contribution in [2.75, 3.05) is 25.1 Å². The lowest BCUT2D eigenvalue weighted by atomic mass is 10.2. The fourth-order valence-corrected chi connectivity index (χ4v) is 1.71. The Bertz CT molecular complexity index is 291. The first kappa shape index (κ1) is 9.43. The second-order valence-corrected chi connectivity index (χ2v) is 3.45. The van der Waals surface area contributed by atoms with Crippen LogP contribution in [0.25, 0.3) is 0 Å². The quantitative estimate of drug-likeness (QED) is 0.719. The van der Waals surface area contributed by atoms with Gasteiger partial charge in [0.05, 0.1) is 12.1 Å². The highest BCUT2D eigenvalue weighted by atomic mass is 16.5. The monoisotopic (exact) mass is 192 g/mol. The average Bonchev–Trinajstić information content (AvgIpc) is 2.61. The van der Waals surface area contributed by atoms with Gasteiger partial charge in [-0.3, -0.25) is 0 Å². The van der Waals surface area contributed by atoms with Gasteiger partial charge in [0.15, 0.2) is 0 Å². The topological polar surface area (TPSA) is 51.4 Å². The predicted octanol–water partition coefficient (Wildman–Crippen LogP) is 0.0441. The van der Waals surface area contributed by atoms with Crippen LogP contribution in [0.4, 0.5) is 5.82 Å². The van der Waals surface area contributed by atoms with E-state index in [0.29, 0.717) is 0 Å². The maximum absolute atomic E-state index is 5.91. The number of ether oxygens (including phenoxy) is 1. The molecule has 0 bridgehead atoms. The van der Waals surface area contributed by atoms with Crippen LogP contribution < -0.4 is 10.6 Å². The second-order valence-electron chi connectivity index (χ2n) is 3.45. The van der Waals surface area contributed by atoms with E-state index in [1.807, 2.05) is 12.1 Å². The SMILES string of the molecule is COC1CN(c2[c]cccn2)CC1N. The number of nitrogens with zero attached hydrogens (tertiary/aromatic N) is 2. The van der Waals surface area contributed by atoms with E-state index in [9.17, 15) is 0 Å². The summed E-state index contributed by atoms with van der Waals surface area (Å²) < 4.78 is 5.27. The Morgan fingerprint density at radius 3 is 3.07 bits per heavy atom. The summed E-state index contributed by atoms with van der Waals surface area (Å²) in [7, 11) is 1.69. The van der Waals surface area contributed by atoms with Gasteiger partial charge in [0, 0.05) is 32.5 Å². The lowest BCUT2D eigenvalue weighted by Gasteiger charge is -2.15. The van der Waals surface area contributed by atoms with E-state index in [1.165, 1.54) is 0 Å². The molecule has 0 spiro atoms. The molecule has 14 heavy (non-hydrogen) atoms. The third-order valence-corrected chi connectivity index (χ3v) is 2.50. The Morgan fingerprint density at radius 1 is 1.64 bits per heavy atom. The zero-order valence-electron chi connectivity index (χ0n) is 8.18. The zero-order valence-corrected chi connectivity index (χ0v) is 8.18. The number of pyridine rings is 1. The Hall–Kier alpha value is -1.13. The van der Waals surface area contributed by atoms with E-state index < -0.39 is 0 Å². The van der Waals surface area contributed by atoms with Crippen molar-refractivity contribution < 1.29 is 4.74 Å². The average molecular weight is 192 g/mol. The molecule has 2 heterocycles. The molecule has 0 saturated carbocycles. The smallest absolute Gasteiger partial charge is 0.136 e. The van der Waals surface area contributed by atoms with E-state index in [-0.39, 0.29) is 12.1 Å². The van der Waals surface area contributed by atoms with Crippen LogP contribution >= 0.6 is 0 Å². The molecule has 0 aromatic carbocycles. The molecular weight excluding hydrogens is 178 g/mol. The molecule has 4 nitrogen and oxygen atoms in total. The van der Waals surface area contributed by atoms with Gasteiger partial charge in [0.1, 0.15) is 5.82 Å². The van der Waals surface area contributed by atoms with Crippen LogP contribution in [0.1, 0.15) is 0 Å². The van der Waals surface area contributed by atoms with Gasteiger partial charge >= 0.3 is 0 Å². The van der Waals surface area contributed by atoms with E-state index in [0.717, 1.165) is 18.9 Å². The fourth-order valence-electron chi connectivity index (χ4n) is 1.71. The number of methoxy groups -OCH3 is 1. The van der Waals surface area contributed by atoms with Gasteiger partial charge in [0.2, 0.25) is 0 Å². The van der Waals surface area contributed by atoms with Crippen molar-refractivity contribution >= 4 is 5.82 Å². The van der Waals surface area contributed by atoms with Crippen LogP contribution in [-0.2, 0) is 4.74 Å². The van der Waals surface area contributed by atoms with Crippen molar-refractivity contribution in [3.05, 3.63) is 24.4 Å². The lowest BCUT2D eigenvalue weighted by Crippen LogP contribution is -2.34. The molecule has 1 saturated heterocycles. The molecule has 75 valence electrons. The van der Waals surface area contributed by atoms with Gasteiger partial charge in [-0.1, -0.05) is 0 Å². The largest absolute Gasteiger partial charge is 0.378 e. The van der Waals surface area contributed by atoms with Crippen LogP contribution in [0, 0.1) is 6.07 Å². The molecule has 1 radical (unpaired) electrons. The molecule has 2 N–H and O–H groups in total. The van der Waals surface area contributed by atoms with Crippen molar-refractivity contribution in [2.24, 2.45) is 5.73 Å². The van der Waals surface area contributed by atoms with Crippen LogP contribution in [0.5, 0.6) is 0 Å². The number of anilines is 1. The maximum Gasteiger partial charge on any atom is 0.136 e. The van der Waals surface area contributed by atoms with E-state index in [2.05, 4.69) is 16.0 Å². The van der Waals surface area contributed by atoms with E-state index >= 15 is 0 Å². The Kier molecular flexibility index (Phi) is 2.65. The third kappa shape index (κ3) is 1.71. The third-order valence-electron chi connectivity index (χ3n) is 2.50. The summed E-state index contributed by atoms with van der Waals surface area (Å²) in [5.41, 5.74) is 5.91.